The van der Waals surface area contributed by atoms with Crippen LogP contribution in [0, 0.1) is 11.3 Å². The fourth-order valence-corrected chi connectivity index (χ4v) is 7.37. The van der Waals surface area contributed by atoms with Gasteiger partial charge in [0.2, 0.25) is 23.3 Å². The number of methoxy groups -OCH3 is 1. The van der Waals surface area contributed by atoms with Crippen LogP contribution in [-0.4, -0.2) is 96.9 Å². The fourth-order valence-electron chi connectivity index (χ4n) is 6.22. The van der Waals surface area contributed by atoms with E-state index < -0.39 is 86.6 Å². The van der Waals surface area contributed by atoms with Gasteiger partial charge in [0.05, 0.1) is 19.3 Å². The van der Waals surface area contributed by atoms with Gasteiger partial charge in [-0.3, -0.25) is 14.4 Å². The highest BCUT2D eigenvalue weighted by molar-refractivity contribution is 7.85. The molecule has 2 saturated carbocycles. The number of ether oxygens (including phenoxy) is 3. The van der Waals surface area contributed by atoms with E-state index in [9.17, 15) is 40.8 Å². The third-order valence-electron chi connectivity index (χ3n) is 10.0. The Kier molecular flexibility index (Phi) is 10.9. The van der Waals surface area contributed by atoms with E-state index in [1.807, 2.05) is 4.72 Å². The summed E-state index contributed by atoms with van der Waals surface area (Å²) in [6, 6.07) is 4.01. The van der Waals surface area contributed by atoms with E-state index in [0.717, 1.165) is 4.90 Å². The predicted molar refractivity (Wildman–Crippen MR) is 191 cm³/mol. The molecule has 3 unspecified atom stereocenters. The minimum Gasteiger partial charge on any atom is -0.497 e. The van der Waals surface area contributed by atoms with Crippen molar-refractivity contribution < 1.29 is 59.2 Å². The Morgan fingerprint density at radius 3 is 2.33 bits per heavy atom. The van der Waals surface area contributed by atoms with E-state index in [-0.39, 0.29) is 25.3 Å². The Labute approximate surface area is 316 Å². The maximum atomic E-state index is 14.4. The molecule has 0 bridgehead atoms. The standard InChI is InChI=1S/C36H46F3N5O10S/c1-9-21-18-35(21,30(47)43-55(49,50)54-34(7)13-14-34)42-27(45)25-17-23(52-28-24-11-10-22(51-8)16-20(24)12-15-40-28)19-44(25)29(46)26(32(2,3)4)41-31(48)53-33(5,6)36(37,38)39/h9-12,15-16,21,23,25-26H,1,13-14,17-19H2,2-8H3,(H,41,48)(H,42,45)(H,43,47)/t21?,23-,25?,26?,35-/m1/s1. The molecule has 0 spiro atoms. The first-order valence-electron chi connectivity index (χ1n) is 17.5. The minimum atomic E-state index is -4.93. The molecule has 1 aliphatic heterocycles. The molecule has 1 aromatic carbocycles. The van der Waals surface area contributed by atoms with Gasteiger partial charge in [0, 0.05) is 23.9 Å². The Morgan fingerprint density at radius 1 is 1.09 bits per heavy atom. The molecule has 55 heavy (non-hydrogen) atoms. The van der Waals surface area contributed by atoms with Crippen molar-refractivity contribution in [3.63, 3.8) is 0 Å². The molecule has 15 nitrogen and oxygen atoms in total. The molecule has 3 N–H and O–H groups in total. The summed E-state index contributed by atoms with van der Waals surface area (Å²) in [6.07, 6.45) is -3.70. The molecule has 2 aromatic rings. The highest BCUT2D eigenvalue weighted by atomic mass is 32.2. The molecule has 2 heterocycles. The van der Waals surface area contributed by atoms with Crippen molar-refractivity contribution in [2.24, 2.45) is 11.3 Å². The number of amides is 4. The summed E-state index contributed by atoms with van der Waals surface area (Å²) in [6.45, 7) is 11.0. The van der Waals surface area contributed by atoms with Crippen molar-refractivity contribution in [3.8, 4) is 11.6 Å². The van der Waals surface area contributed by atoms with E-state index in [4.69, 9.17) is 18.4 Å². The number of alkyl carbamates (subject to hydrolysis) is 1. The van der Waals surface area contributed by atoms with Gasteiger partial charge in [-0.1, -0.05) is 26.8 Å². The average molecular weight is 798 g/mol. The number of hydrogen-bond donors (Lipinski definition) is 3. The van der Waals surface area contributed by atoms with Crippen LogP contribution in [0.1, 0.15) is 67.2 Å². The number of nitrogens with one attached hydrogen (secondary N) is 3. The highest BCUT2D eigenvalue weighted by Gasteiger charge is 2.62. The van der Waals surface area contributed by atoms with Gasteiger partial charge in [-0.2, -0.15) is 21.6 Å². The van der Waals surface area contributed by atoms with Crippen molar-refractivity contribution in [1.82, 2.24) is 25.2 Å². The molecular weight excluding hydrogens is 751 g/mol. The SMILES string of the molecule is C=CC1C[C@]1(NC(=O)C1C[C@@H](Oc2nccc3cc(OC)ccc23)CN1C(=O)C(NC(=O)OC(C)(C)C(F)(F)F)C(C)(C)C)C(=O)NS(=O)(=O)OC1(C)CC1. The maximum absolute atomic E-state index is 14.4. The number of benzene rings is 1. The van der Waals surface area contributed by atoms with Crippen LogP contribution in [0.15, 0.2) is 43.1 Å². The van der Waals surface area contributed by atoms with E-state index in [0.29, 0.717) is 43.2 Å². The van der Waals surface area contributed by atoms with Crippen LogP contribution in [0.5, 0.6) is 11.6 Å². The summed E-state index contributed by atoms with van der Waals surface area (Å²) in [7, 11) is -3.05. The molecule has 4 amide bonds. The molecule has 0 radical (unpaired) electrons. The molecule has 3 aliphatic rings. The zero-order chi connectivity index (χ0) is 40.9. The molecule has 3 fully saturated rings. The first-order valence-corrected chi connectivity index (χ1v) is 18.9. The van der Waals surface area contributed by atoms with Gasteiger partial charge in [0.1, 0.15) is 29.5 Å². The predicted octanol–water partition coefficient (Wildman–Crippen LogP) is 4.06. The Bertz CT molecular complexity index is 1980. The van der Waals surface area contributed by atoms with Crippen molar-refractivity contribution in [1.29, 1.82) is 0 Å². The molecule has 1 saturated heterocycles. The van der Waals surface area contributed by atoms with Crippen LogP contribution < -0.4 is 24.8 Å². The number of carbonyl (C=O) groups is 4. The summed E-state index contributed by atoms with van der Waals surface area (Å²) < 4.78 is 89.4. The van der Waals surface area contributed by atoms with Gasteiger partial charge in [-0.05, 0) is 75.1 Å². The van der Waals surface area contributed by atoms with Crippen LogP contribution >= 0.6 is 0 Å². The summed E-state index contributed by atoms with van der Waals surface area (Å²) in [5.41, 5.74) is -6.74. The lowest BCUT2D eigenvalue weighted by atomic mass is 9.85. The number of pyridine rings is 1. The zero-order valence-corrected chi connectivity index (χ0v) is 32.4. The van der Waals surface area contributed by atoms with Gasteiger partial charge in [0.25, 0.3) is 5.91 Å². The van der Waals surface area contributed by atoms with E-state index in [1.165, 1.54) is 19.4 Å². The van der Waals surface area contributed by atoms with Crippen LogP contribution in [-0.2, 0) is 33.6 Å². The topological polar surface area (TPSA) is 192 Å². The second-order valence-electron chi connectivity index (χ2n) is 16.0. The smallest absolute Gasteiger partial charge is 0.427 e. The normalized spacial score (nSPS) is 24.0. The summed E-state index contributed by atoms with van der Waals surface area (Å²) in [5, 5.41) is 6.19. The number of nitrogens with zero attached hydrogens (tertiary/aromatic N) is 2. The maximum Gasteiger partial charge on any atom is 0.427 e. The fraction of sp³-hybridized carbons (Fsp3) is 0.583. The number of hydrogen-bond acceptors (Lipinski definition) is 11. The second-order valence-corrected chi connectivity index (χ2v) is 17.2. The number of carbonyl (C=O) groups excluding carboxylic acids is 4. The zero-order valence-electron chi connectivity index (χ0n) is 31.5. The quantitative estimate of drug-likeness (QED) is 0.248. The van der Waals surface area contributed by atoms with Gasteiger partial charge in [-0.25, -0.2) is 18.7 Å². The third kappa shape index (κ3) is 9.09. The summed E-state index contributed by atoms with van der Waals surface area (Å²) in [5.74, 6) is -2.74. The van der Waals surface area contributed by atoms with Crippen LogP contribution in [0.25, 0.3) is 10.8 Å². The van der Waals surface area contributed by atoms with Gasteiger partial charge >= 0.3 is 22.6 Å². The molecule has 5 rings (SSSR count). The van der Waals surface area contributed by atoms with E-state index in [2.05, 4.69) is 22.2 Å². The minimum absolute atomic E-state index is 0.0160. The first-order chi connectivity index (χ1) is 25.3. The monoisotopic (exact) mass is 797 g/mol. The third-order valence-corrected chi connectivity index (χ3v) is 11.1. The molecule has 302 valence electrons. The number of fused-ring (bicyclic) bond motifs is 1. The molecular formula is C36H46F3N5O10S. The summed E-state index contributed by atoms with van der Waals surface area (Å²) >= 11 is 0. The van der Waals surface area contributed by atoms with Crippen molar-refractivity contribution >= 4 is 44.9 Å². The van der Waals surface area contributed by atoms with E-state index in [1.54, 1.807) is 52.0 Å². The van der Waals surface area contributed by atoms with Crippen molar-refractivity contribution in [3.05, 3.63) is 43.1 Å². The highest BCUT2D eigenvalue weighted by Crippen LogP contribution is 2.46. The van der Waals surface area contributed by atoms with Crippen LogP contribution in [0.4, 0.5) is 18.0 Å². The van der Waals surface area contributed by atoms with Gasteiger partial charge < -0.3 is 29.7 Å². The van der Waals surface area contributed by atoms with Crippen LogP contribution in [0.3, 0.4) is 0 Å². The average Bonchev–Trinajstić information content (AvgIpc) is 3.93. The number of rotatable bonds is 13. The number of halogens is 3. The Morgan fingerprint density at radius 2 is 1.76 bits per heavy atom. The number of likely N-dealkylation sites (tertiary alicyclic amines) is 1. The van der Waals surface area contributed by atoms with E-state index >= 15 is 0 Å². The number of aromatic nitrogens is 1. The second kappa shape index (κ2) is 14.5. The molecule has 19 heteroatoms. The van der Waals surface area contributed by atoms with Gasteiger partial charge in [-0.15, -0.1) is 6.58 Å². The molecule has 5 atom stereocenters. The Hall–Kier alpha value is -4.65. The van der Waals surface area contributed by atoms with Crippen LogP contribution in [0.2, 0.25) is 0 Å². The molecule has 1 aromatic heterocycles. The van der Waals surface area contributed by atoms with Crippen molar-refractivity contribution in [2.45, 2.75) is 108 Å². The lowest BCUT2D eigenvalue weighted by Gasteiger charge is -2.36. The Balaban J connectivity index is 1.44. The van der Waals surface area contributed by atoms with Crippen molar-refractivity contribution in [2.75, 3.05) is 13.7 Å². The largest absolute Gasteiger partial charge is 0.497 e. The first kappa shape index (κ1) is 41.5. The van der Waals surface area contributed by atoms with Gasteiger partial charge in [0.15, 0.2) is 0 Å². The molecule has 2 aliphatic carbocycles. The number of alkyl halides is 3. The lowest BCUT2D eigenvalue weighted by molar-refractivity contribution is -0.244. The summed E-state index contributed by atoms with van der Waals surface area (Å²) in [4.78, 5) is 60.5. The lowest BCUT2D eigenvalue weighted by Crippen LogP contribution is -2.60.